The number of nitrogens with one attached hydrogen (secondary N) is 1. The monoisotopic (exact) mass is 254 g/mol. The van der Waals surface area contributed by atoms with Gasteiger partial charge in [0.15, 0.2) is 0 Å². The normalized spacial score (nSPS) is 14.0. The number of halogens is 2. The summed E-state index contributed by atoms with van der Waals surface area (Å²) in [6.07, 6.45) is -0.564. The Morgan fingerprint density at radius 3 is 3.00 bits per heavy atom. The fraction of sp³-hybridized carbons (Fsp3) is 0.462. The zero-order valence-corrected chi connectivity index (χ0v) is 10.2. The Balaban J connectivity index is 2.25. The van der Waals surface area contributed by atoms with Gasteiger partial charge in [-0.2, -0.15) is 0 Å². The molecule has 0 bridgehead atoms. The van der Waals surface area contributed by atoms with E-state index in [4.69, 9.17) is 0 Å². The quantitative estimate of drug-likeness (QED) is 0.898. The highest BCUT2D eigenvalue weighted by molar-refractivity contribution is 6.00. The van der Waals surface area contributed by atoms with E-state index in [-0.39, 0.29) is 5.91 Å². The van der Waals surface area contributed by atoms with Crippen molar-refractivity contribution >= 4 is 11.6 Å². The van der Waals surface area contributed by atoms with E-state index < -0.39 is 13.0 Å². The fourth-order valence-corrected chi connectivity index (χ4v) is 2.18. The first-order valence-corrected chi connectivity index (χ1v) is 5.99. The van der Waals surface area contributed by atoms with Crippen molar-refractivity contribution in [3.8, 4) is 0 Å². The minimum absolute atomic E-state index is 0.360. The van der Waals surface area contributed by atoms with Gasteiger partial charge < -0.3 is 10.2 Å². The van der Waals surface area contributed by atoms with E-state index in [2.05, 4.69) is 5.32 Å². The largest absolute Gasteiger partial charge is 0.384 e. The van der Waals surface area contributed by atoms with Crippen LogP contribution in [0.25, 0.3) is 0 Å². The Morgan fingerprint density at radius 1 is 1.50 bits per heavy atom. The van der Waals surface area contributed by atoms with Crippen molar-refractivity contribution in [2.24, 2.45) is 0 Å². The van der Waals surface area contributed by atoms with Gasteiger partial charge in [-0.1, -0.05) is 12.1 Å². The Kier molecular flexibility index (Phi) is 3.79. The molecule has 0 atom stereocenters. The summed E-state index contributed by atoms with van der Waals surface area (Å²) in [7, 11) is 1.40. The van der Waals surface area contributed by atoms with Crippen molar-refractivity contribution in [2.45, 2.75) is 19.3 Å². The van der Waals surface area contributed by atoms with Crippen LogP contribution in [-0.2, 0) is 6.42 Å². The van der Waals surface area contributed by atoms with Crippen LogP contribution in [0.15, 0.2) is 18.2 Å². The van der Waals surface area contributed by atoms with E-state index in [1.165, 1.54) is 7.05 Å². The van der Waals surface area contributed by atoms with Crippen LogP contribution in [0.4, 0.5) is 14.5 Å². The maximum Gasteiger partial charge on any atom is 0.255 e. The van der Waals surface area contributed by atoms with Crippen molar-refractivity contribution in [2.75, 3.05) is 25.5 Å². The molecule has 1 aromatic rings. The standard InChI is InChI=1S/C13H16F2N2O/c1-17(8-11(14)15)13(18)10-6-2-4-9-5-3-7-16-12(9)10/h2,4,6,11,16H,3,5,7-8H2,1H3. The van der Waals surface area contributed by atoms with Gasteiger partial charge in [-0.25, -0.2) is 8.78 Å². The third-order valence-electron chi connectivity index (χ3n) is 3.06. The number of fused-ring (bicyclic) bond motifs is 1. The highest BCUT2D eigenvalue weighted by Gasteiger charge is 2.21. The molecule has 1 aromatic carbocycles. The first kappa shape index (κ1) is 12.8. The summed E-state index contributed by atoms with van der Waals surface area (Å²) >= 11 is 0. The van der Waals surface area contributed by atoms with Gasteiger partial charge in [0, 0.05) is 13.6 Å². The molecule has 1 aliphatic rings. The van der Waals surface area contributed by atoms with Gasteiger partial charge in [-0.3, -0.25) is 4.79 Å². The molecule has 3 nitrogen and oxygen atoms in total. The molecule has 0 spiro atoms. The van der Waals surface area contributed by atoms with Crippen molar-refractivity contribution in [3.05, 3.63) is 29.3 Å². The first-order chi connectivity index (χ1) is 8.59. The molecule has 18 heavy (non-hydrogen) atoms. The minimum atomic E-state index is -2.51. The summed E-state index contributed by atoms with van der Waals surface area (Å²) < 4.78 is 24.6. The SMILES string of the molecule is CN(CC(F)F)C(=O)c1cccc2c1NCCC2. The molecule has 1 N–H and O–H groups in total. The summed E-state index contributed by atoms with van der Waals surface area (Å²) in [5, 5.41) is 3.19. The number of aryl methyl sites for hydroxylation is 1. The third kappa shape index (κ3) is 2.60. The molecule has 0 radical (unpaired) electrons. The van der Waals surface area contributed by atoms with Crippen LogP contribution in [0.2, 0.25) is 0 Å². The van der Waals surface area contributed by atoms with Crippen LogP contribution in [0, 0.1) is 0 Å². The van der Waals surface area contributed by atoms with Crippen molar-refractivity contribution in [3.63, 3.8) is 0 Å². The zero-order valence-electron chi connectivity index (χ0n) is 10.2. The van der Waals surface area contributed by atoms with E-state index in [0.29, 0.717) is 5.56 Å². The molecule has 1 amide bonds. The van der Waals surface area contributed by atoms with Crippen LogP contribution in [-0.4, -0.2) is 37.4 Å². The lowest BCUT2D eigenvalue weighted by Gasteiger charge is -2.23. The average molecular weight is 254 g/mol. The van der Waals surface area contributed by atoms with Crippen LogP contribution in [0.1, 0.15) is 22.3 Å². The Morgan fingerprint density at radius 2 is 2.28 bits per heavy atom. The highest BCUT2D eigenvalue weighted by Crippen LogP contribution is 2.26. The van der Waals surface area contributed by atoms with E-state index >= 15 is 0 Å². The van der Waals surface area contributed by atoms with Gasteiger partial charge in [0.05, 0.1) is 17.8 Å². The van der Waals surface area contributed by atoms with E-state index in [1.54, 1.807) is 12.1 Å². The summed E-state index contributed by atoms with van der Waals surface area (Å²) in [5.74, 6) is -0.360. The molecular weight excluding hydrogens is 238 g/mol. The second-order valence-electron chi connectivity index (χ2n) is 4.45. The number of hydrogen-bond donors (Lipinski definition) is 1. The Bertz CT molecular complexity index is 449. The van der Waals surface area contributed by atoms with Crippen LogP contribution < -0.4 is 5.32 Å². The number of amides is 1. The lowest BCUT2D eigenvalue weighted by atomic mass is 9.99. The molecule has 1 heterocycles. The molecular formula is C13H16F2N2O. The maximum absolute atomic E-state index is 12.3. The Hall–Kier alpha value is -1.65. The first-order valence-electron chi connectivity index (χ1n) is 5.99. The summed E-state index contributed by atoms with van der Waals surface area (Å²) in [4.78, 5) is 13.2. The van der Waals surface area contributed by atoms with Gasteiger partial charge in [0.1, 0.15) is 0 Å². The zero-order chi connectivity index (χ0) is 13.1. The van der Waals surface area contributed by atoms with Gasteiger partial charge in [-0.05, 0) is 24.5 Å². The highest BCUT2D eigenvalue weighted by atomic mass is 19.3. The maximum atomic E-state index is 12.3. The van der Waals surface area contributed by atoms with E-state index in [0.717, 1.165) is 35.5 Å². The molecule has 98 valence electrons. The van der Waals surface area contributed by atoms with Gasteiger partial charge >= 0.3 is 0 Å². The summed E-state index contributed by atoms with van der Waals surface area (Å²) in [5.41, 5.74) is 2.36. The number of anilines is 1. The lowest BCUT2D eigenvalue weighted by Crippen LogP contribution is -2.32. The number of para-hydroxylation sites is 1. The third-order valence-corrected chi connectivity index (χ3v) is 3.06. The number of rotatable bonds is 3. The number of carbonyl (C=O) groups is 1. The van der Waals surface area contributed by atoms with Crippen LogP contribution in [0.5, 0.6) is 0 Å². The van der Waals surface area contributed by atoms with Crippen molar-refractivity contribution in [1.29, 1.82) is 0 Å². The van der Waals surface area contributed by atoms with Crippen LogP contribution in [0.3, 0.4) is 0 Å². The van der Waals surface area contributed by atoms with Crippen LogP contribution >= 0.6 is 0 Å². The second-order valence-corrected chi connectivity index (χ2v) is 4.45. The van der Waals surface area contributed by atoms with Crippen molar-refractivity contribution < 1.29 is 13.6 Å². The summed E-state index contributed by atoms with van der Waals surface area (Å²) in [6, 6.07) is 5.45. The topological polar surface area (TPSA) is 32.3 Å². The molecule has 0 unspecified atom stereocenters. The van der Waals surface area contributed by atoms with Gasteiger partial charge in [0.2, 0.25) is 0 Å². The average Bonchev–Trinajstić information content (AvgIpc) is 2.36. The number of carbonyl (C=O) groups excluding carboxylic acids is 1. The predicted octanol–water partition coefficient (Wildman–Crippen LogP) is 2.38. The van der Waals surface area contributed by atoms with Gasteiger partial charge in [0.25, 0.3) is 12.3 Å². The number of alkyl halides is 2. The smallest absolute Gasteiger partial charge is 0.255 e. The molecule has 0 saturated carbocycles. The lowest BCUT2D eigenvalue weighted by molar-refractivity contribution is 0.0621. The number of benzene rings is 1. The summed E-state index contributed by atoms with van der Waals surface area (Å²) in [6.45, 7) is 0.276. The number of hydrogen-bond acceptors (Lipinski definition) is 2. The van der Waals surface area contributed by atoms with E-state index in [1.807, 2.05) is 6.07 Å². The molecule has 0 fully saturated rings. The van der Waals surface area contributed by atoms with Crippen molar-refractivity contribution in [1.82, 2.24) is 4.90 Å². The number of nitrogens with zero attached hydrogens (tertiary/aromatic N) is 1. The molecule has 0 saturated heterocycles. The molecule has 0 aromatic heterocycles. The van der Waals surface area contributed by atoms with Gasteiger partial charge in [-0.15, -0.1) is 0 Å². The Labute approximate surface area is 105 Å². The second kappa shape index (κ2) is 5.33. The predicted molar refractivity (Wildman–Crippen MR) is 66.2 cm³/mol. The minimum Gasteiger partial charge on any atom is -0.384 e. The molecule has 1 aliphatic heterocycles. The fourth-order valence-electron chi connectivity index (χ4n) is 2.18. The molecule has 5 heteroatoms. The molecule has 2 rings (SSSR count). The molecule has 0 aliphatic carbocycles. The van der Waals surface area contributed by atoms with E-state index in [9.17, 15) is 13.6 Å².